The van der Waals surface area contributed by atoms with Crippen molar-refractivity contribution in [2.75, 3.05) is 23.4 Å². The molecule has 1 saturated heterocycles. The van der Waals surface area contributed by atoms with Gasteiger partial charge in [-0.05, 0) is 48.4 Å². The Kier molecular flexibility index (Phi) is 4.01. The second-order valence-corrected chi connectivity index (χ2v) is 6.94. The van der Waals surface area contributed by atoms with Crippen LogP contribution in [0.25, 0.3) is 0 Å². The van der Waals surface area contributed by atoms with Gasteiger partial charge in [0.2, 0.25) is 0 Å². The number of anilines is 2. The number of pyridine rings is 1. The standard InChI is InChI=1S/C17H19N3O2S/c21-17(14-2-1-8-22-14)19-13-3-4-16(18-10-13)20-7-5-15-12(11-20)6-9-23-15/h3-4,6,9-10,14H,1-2,5,7-8,11H2,(H,19,21). The molecule has 0 radical (unpaired) electrons. The molecule has 1 N–H and O–H groups in total. The van der Waals surface area contributed by atoms with E-state index in [0.29, 0.717) is 6.61 Å². The van der Waals surface area contributed by atoms with E-state index in [9.17, 15) is 4.79 Å². The summed E-state index contributed by atoms with van der Waals surface area (Å²) in [6, 6.07) is 6.09. The number of carbonyl (C=O) groups excluding carboxylic acids is 1. The quantitative estimate of drug-likeness (QED) is 0.941. The molecule has 2 aliphatic heterocycles. The van der Waals surface area contributed by atoms with Crippen molar-refractivity contribution in [3.05, 3.63) is 40.2 Å². The second kappa shape index (κ2) is 6.29. The van der Waals surface area contributed by atoms with E-state index in [0.717, 1.165) is 43.9 Å². The molecule has 0 aromatic carbocycles. The molecule has 5 nitrogen and oxygen atoms in total. The van der Waals surface area contributed by atoms with Crippen LogP contribution < -0.4 is 10.2 Å². The van der Waals surface area contributed by atoms with Gasteiger partial charge in [0.05, 0.1) is 11.9 Å². The lowest BCUT2D eigenvalue weighted by Crippen LogP contribution is -2.30. The molecule has 4 heterocycles. The molecule has 4 rings (SSSR count). The highest BCUT2D eigenvalue weighted by Crippen LogP contribution is 2.27. The molecule has 23 heavy (non-hydrogen) atoms. The first-order valence-electron chi connectivity index (χ1n) is 7.98. The first-order chi connectivity index (χ1) is 11.3. The van der Waals surface area contributed by atoms with Crippen LogP contribution in [0.3, 0.4) is 0 Å². The number of ether oxygens (including phenoxy) is 1. The molecule has 6 heteroatoms. The lowest BCUT2D eigenvalue weighted by molar-refractivity contribution is -0.124. The monoisotopic (exact) mass is 329 g/mol. The predicted octanol–water partition coefficient (Wildman–Crippen LogP) is 2.82. The Hall–Kier alpha value is -1.92. The van der Waals surface area contributed by atoms with E-state index in [2.05, 4.69) is 26.6 Å². The summed E-state index contributed by atoms with van der Waals surface area (Å²) in [5, 5.41) is 5.04. The highest BCUT2D eigenvalue weighted by atomic mass is 32.1. The summed E-state index contributed by atoms with van der Waals surface area (Å²) in [6.45, 7) is 2.57. The average Bonchev–Trinajstić information content (AvgIpc) is 3.26. The molecular weight excluding hydrogens is 310 g/mol. The van der Waals surface area contributed by atoms with Gasteiger partial charge < -0.3 is 15.0 Å². The number of aromatic nitrogens is 1. The molecule has 0 bridgehead atoms. The van der Waals surface area contributed by atoms with Crippen LogP contribution in [-0.2, 0) is 22.5 Å². The number of carbonyl (C=O) groups is 1. The molecule has 0 saturated carbocycles. The minimum absolute atomic E-state index is 0.0714. The Balaban J connectivity index is 1.41. The topological polar surface area (TPSA) is 54.5 Å². The van der Waals surface area contributed by atoms with Crippen LogP contribution >= 0.6 is 11.3 Å². The maximum atomic E-state index is 12.0. The molecule has 0 spiro atoms. The third-order valence-electron chi connectivity index (χ3n) is 4.37. The highest BCUT2D eigenvalue weighted by Gasteiger charge is 2.24. The number of thiophene rings is 1. The first kappa shape index (κ1) is 14.7. The van der Waals surface area contributed by atoms with Crippen LogP contribution in [-0.4, -0.2) is 30.1 Å². The normalized spacial score (nSPS) is 20.3. The van der Waals surface area contributed by atoms with Gasteiger partial charge >= 0.3 is 0 Å². The fourth-order valence-electron chi connectivity index (χ4n) is 3.10. The number of nitrogens with one attached hydrogen (secondary N) is 1. The lowest BCUT2D eigenvalue weighted by Gasteiger charge is -2.28. The van der Waals surface area contributed by atoms with Crippen molar-refractivity contribution in [1.82, 2.24) is 4.98 Å². The number of nitrogens with zero attached hydrogens (tertiary/aromatic N) is 2. The van der Waals surface area contributed by atoms with Gasteiger partial charge in [0, 0.05) is 24.6 Å². The van der Waals surface area contributed by atoms with E-state index in [4.69, 9.17) is 4.74 Å². The number of fused-ring (bicyclic) bond motifs is 1. The van der Waals surface area contributed by atoms with Gasteiger partial charge in [0.1, 0.15) is 11.9 Å². The summed E-state index contributed by atoms with van der Waals surface area (Å²) in [6.07, 6.45) is 4.24. The van der Waals surface area contributed by atoms with Gasteiger partial charge in [0.15, 0.2) is 0 Å². The van der Waals surface area contributed by atoms with E-state index in [1.165, 1.54) is 10.4 Å². The Morgan fingerprint density at radius 2 is 2.35 bits per heavy atom. The Labute approximate surface area is 139 Å². The number of amides is 1. The maximum absolute atomic E-state index is 12.0. The van der Waals surface area contributed by atoms with Crippen LogP contribution in [0, 0.1) is 0 Å². The largest absolute Gasteiger partial charge is 0.368 e. The molecule has 2 aromatic rings. The van der Waals surface area contributed by atoms with Crippen molar-refractivity contribution in [2.45, 2.75) is 31.9 Å². The molecule has 2 aromatic heterocycles. The zero-order valence-electron chi connectivity index (χ0n) is 12.8. The van der Waals surface area contributed by atoms with Crippen LogP contribution in [0.5, 0.6) is 0 Å². The Morgan fingerprint density at radius 3 is 3.13 bits per heavy atom. The smallest absolute Gasteiger partial charge is 0.253 e. The van der Waals surface area contributed by atoms with Gasteiger partial charge in [-0.15, -0.1) is 11.3 Å². The fraction of sp³-hybridized carbons (Fsp3) is 0.412. The third-order valence-corrected chi connectivity index (χ3v) is 5.39. The van der Waals surface area contributed by atoms with Crippen LogP contribution in [0.2, 0.25) is 0 Å². The second-order valence-electron chi connectivity index (χ2n) is 5.94. The van der Waals surface area contributed by atoms with Crippen LogP contribution in [0.4, 0.5) is 11.5 Å². The van der Waals surface area contributed by atoms with Crippen molar-refractivity contribution in [1.29, 1.82) is 0 Å². The number of rotatable bonds is 3. The fourth-order valence-corrected chi connectivity index (χ4v) is 3.99. The van der Waals surface area contributed by atoms with Crippen molar-refractivity contribution >= 4 is 28.7 Å². The molecule has 120 valence electrons. The van der Waals surface area contributed by atoms with E-state index < -0.39 is 0 Å². The lowest BCUT2D eigenvalue weighted by atomic mass is 10.1. The van der Waals surface area contributed by atoms with E-state index in [1.54, 1.807) is 6.20 Å². The van der Waals surface area contributed by atoms with Crippen molar-refractivity contribution in [3.8, 4) is 0 Å². The summed E-state index contributed by atoms with van der Waals surface area (Å²) in [5.74, 6) is 0.884. The molecule has 1 unspecified atom stereocenters. The predicted molar refractivity (Wildman–Crippen MR) is 90.9 cm³/mol. The minimum Gasteiger partial charge on any atom is -0.368 e. The molecule has 1 fully saturated rings. The molecule has 0 aliphatic carbocycles. The Morgan fingerprint density at radius 1 is 1.39 bits per heavy atom. The molecule has 2 aliphatic rings. The van der Waals surface area contributed by atoms with Crippen molar-refractivity contribution < 1.29 is 9.53 Å². The van der Waals surface area contributed by atoms with Crippen LogP contribution in [0.1, 0.15) is 23.3 Å². The minimum atomic E-state index is -0.311. The van der Waals surface area contributed by atoms with Gasteiger partial charge in [-0.2, -0.15) is 0 Å². The van der Waals surface area contributed by atoms with Crippen molar-refractivity contribution in [2.24, 2.45) is 0 Å². The van der Waals surface area contributed by atoms with E-state index in [1.807, 2.05) is 23.5 Å². The average molecular weight is 329 g/mol. The van der Waals surface area contributed by atoms with Gasteiger partial charge in [-0.3, -0.25) is 4.79 Å². The SMILES string of the molecule is O=C(Nc1ccc(N2CCc3sccc3C2)nc1)C1CCCO1. The first-order valence-corrected chi connectivity index (χ1v) is 8.86. The summed E-state index contributed by atoms with van der Waals surface area (Å²) in [5.41, 5.74) is 2.13. The van der Waals surface area contributed by atoms with Gasteiger partial charge in [-0.1, -0.05) is 0 Å². The third kappa shape index (κ3) is 3.09. The summed E-state index contributed by atoms with van der Waals surface area (Å²) < 4.78 is 5.39. The molecular formula is C17H19N3O2S. The number of hydrogen-bond donors (Lipinski definition) is 1. The van der Waals surface area contributed by atoms with Gasteiger partial charge in [0.25, 0.3) is 5.91 Å². The maximum Gasteiger partial charge on any atom is 0.253 e. The van der Waals surface area contributed by atoms with Crippen LogP contribution in [0.15, 0.2) is 29.8 Å². The highest BCUT2D eigenvalue weighted by molar-refractivity contribution is 7.10. The van der Waals surface area contributed by atoms with Gasteiger partial charge in [-0.25, -0.2) is 4.98 Å². The van der Waals surface area contributed by atoms with E-state index in [-0.39, 0.29) is 12.0 Å². The summed E-state index contributed by atoms with van der Waals surface area (Å²) >= 11 is 1.84. The summed E-state index contributed by atoms with van der Waals surface area (Å²) in [7, 11) is 0. The molecule has 1 atom stereocenters. The Bertz CT molecular complexity index is 692. The van der Waals surface area contributed by atoms with Crippen molar-refractivity contribution in [3.63, 3.8) is 0 Å². The zero-order chi connectivity index (χ0) is 15.6. The van der Waals surface area contributed by atoms with E-state index >= 15 is 0 Å². The number of hydrogen-bond acceptors (Lipinski definition) is 5. The zero-order valence-corrected chi connectivity index (χ0v) is 13.6. The summed E-state index contributed by atoms with van der Waals surface area (Å²) in [4.78, 5) is 20.3. The molecule has 1 amide bonds.